The van der Waals surface area contributed by atoms with Gasteiger partial charge in [-0.15, -0.1) is 0 Å². The van der Waals surface area contributed by atoms with E-state index in [1.807, 2.05) is 41.9 Å². The van der Waals surface area contributed by atoms with Crippen molar-refractivity contribution in [2.75, 3.05) is 0 Å². The molecule has 3 heterocycles. The number of carbonyl (C=O) groups is 1. The van der Waals surface area contributed by atoms with E-state index >= 15 is 0 Å². The van der Waals surface area contributed by atoms with Gasteiger partial charge >= 0.3 is 0 Å². The highest BCUT2D eigenvalue weighted by Crippen LogP contribution is 2.34. The molecular formula is C18H20N4O. The number of fused-ring (bicyclic) bond motifs is 1. The van der Waals surface area contributed by atoms with Crippen LogP contribution in [0.25, 0.3) is 17.0 Å². The summed E-state index contributed by atoms with van der Waals surface area (Å²) in [4.78, 5) is 21.9. The van der Waals surface area contributed by atoms with Crippen molar-refractivity contribution in [2.24, 2.45) is 5.92 Å². The van der Waals surface area contributed by atoms with Gasteiger partial charge in [0.25, 0.3) is 0 Å². The minimum absolute atomic E-state index is 0.164. The second kappa shape index (κ2) is 5.05. The van der Waals surface area contributed by atoms with Gasteiger partial charge in [-0.1, -0.05) is 6.07 Å². The predicted molar refractivity (Wildman–Crippen MR) is 88.6 cm³/mol. The van der Waals surface area contributed by atoms with E-state index in [-0.39, 0.29) is 11.7 Å². The number of pyridine rings is 1. The van der Waals surface area contributed by atoms with Crippen molar-refractivity contribution in [2.45, 2.75) is 39.7 Å². The van der Waals surface area contributed by atoms with Crippen molar-refractivity contribution in [1.82, 2.24) is 18.9 Å². The standard InChI is InChI=1S/C18H20N4O/c1-11(2)22-10-14(19-12(22)3)18-20-16(17(23)13-7-8-13)15-6-4-5-9-21(15)18/h4-6,9-11,13H,7-8H2,1-3H3. The molecule has 3 aromatic heterocycles. The van der Waals surface area contributed by atoms with E-state index in [9.17, 15) is 4.79 Å². The summed E-state index contributed by atoms with van der Waals surface area (Å²) < 4.78 is 4.10. The van der Waals surface area contributed by atoms with E-state index < -0.39 is 0 Å². The number of aromatic nitrogens is 4. The molecule has 0 aromatic carbocycles. The zero-order valence-corrected chi connectivity index (χ0v) is 13.7. The van der Waals surface area contributed by atoms with Crippen LogP contribution in [0.3, 0.4) is 0 Å². The van der Waals surface area contributed by atoms with E-state index in [0.29, 0.717) is 11.7 Å². The Kier molecular flexibility index (Phi) is 3.11. The number of hydrogen-bond donors (Lipinski definition) is 0. The predicted octanol–water partition coefficient (Wildman–Crippen LogP) is 3.68. The molecule has 1 saturated carbocycles. The Balaban J connectivity index is 1.90. The fourth-order valence-electron chi connectivity index (χ4n) is 3.06. The molecular weight excluding hydrogens is 288 g/mol. The maximum absolute atomic E-state index is 12.5. The SMILES string of the molecule is Cc1nc(-c2nc(C(=O)C3CC3)c3ccccn23)cn1C(C)C. The van der Waals surface area contributed by atoms with Crippen molar-refractivity contribution in [3.05, 3.63) is 42.1 Å². The zero-order chi connectivity index (χ0) is 16.1. The fraction of sp³-hybridized carbons (Fsp3) is 0.389. The molecule has 0 aliphatic heterocycles. The molecule has 4 rings (SSSR count). The van der Waals surface area contributed by atoms with Crippen molar-refractivity contribution in [3.63, 3.8) is 0 Å². The lowest BCUT2D eigenvalue weighted by molar-refractivity contribution is 0.0965. The Morgan fingerprint density at radius 2 is 2.04 bits per heavy atom. The van der Waals surface area contributed by atoms with E-state index in [1.54, 1.807) is 0 Å². The monoisotopic (exact) mass is 308 g/mol. The Morgan fingerprint density at radius 1 is 1.26 bits per heavy atom. The largest absolute Gasteiger partial charge is 0.332 e. The smallest absolute Gasteiger partial charge is 0.186 e. The summed E-state index contributed by atoms with van der Waals surface area (Å²) in [7, 11) is 0. The number of rotatable bonds is 4. The molecule has 1 fully saturated rings. The Morgan fingerprint density at radius 3 is 2.70 bits per heavy atom. The van der Waals surface area contributed by atoms with Crippen LogP contribution < -0.4 is 0 Å². The molecule has 23 heavy (non-hydrogen) atoms. The Bertz CT molecular complexity index is 899. The minimum Gasteiger partial charge on any atom is -0.332 e. The Labute approximate surface area is 135 Å². The highest BCUT2D eigenvalue weighted by atomic mass is 16.1. The molecule has 0 atom stereocenters. The average Bonchev–Trinajstić information content (AvgIpc) is 3.20. The lowest BCUT2D eigenvalue weighted by Crippen LogP contribution is -2.02. The second-order valence-electron chi connectivity index (χ2n) is 6.55. The number of carbonyl (C=O) groups excluding carboxylic acids is 1. The molecule has 3 aromatic rings. The molecule has 0 saturated heterocycles. The number of aryl methyl sites for hydroxylation is 1. The topological polar surface area (TPSA) is 52.2 Å². The van der Waals surface area contributed by atoms with Crippen molar-refractivity contribution in [3.8, 4) is 11.5 Å². The summed E-state index contributed by atoms with van der Waals surface area (Å²) in [5.41, 5.74) is 2.27. The van der Waals surface area contributed by atoms with Crippen LogP contribution in [0.2, 0.25) is 0 Å². The first kappa shape index (κ1) is 14.2. The van der Waals surface area contributed by atoms with Gasteiger partial charge in [0.2, 0.25) is 0 Å². The zero-order valence-electron chi connectivity index (χ0n) is 13.7. The maximum atomic E-state index is 12.5. The van der Waals surface area contributed by atoms with Crippen LogP contribution in [-0.2, 0) is 0 Å². The second-order valence-corrected chi connectivity index (χ2v) is 6.55. The summed E-state index contributed by atoms with van der Waals surface area (Å²) in [5, 5.41) is 0. The van der Waals surface area contributed by atoms with Crippen molar-refractivity contribution < 1.29 is 4.79 Å². The minimum atomic E-state index is 0.164. The third-order valence-electron chi connectivity index (χ3n) is 4.43. The fourth-order valence-corrected chi connectivity index (χ4v) is 3.06. The van der Waals surface area contributed by atoms with Crippen LogP contribution >= 0.6 is 0 Å². The van der Waals surface area contributed by atoms with Crippen LogP contribution in [-0.4, -0.2) is 24.7 Å². The number of hydrogen-bond acceptors (Lipinski definition) is 3. The molecule has 118 valence electrons. The van der Waals surface area contributed by atoms with Crippen LogP contribution in [0.15, 0.2) is 30.6 Å². The van der Waals surface area contributed by atoms with Crippen molar-refractivity contribution in [1.29, 1.82) is 0 Å². The van der Waals surface area contributed by atoms with Gasteiger partial charge < -0.3 is 4.57 Å². The van der Waals surface area contributed by atoms with Crippen LogP contribution in [0.5, 0.6) is 0 Å². The molecule has 0 bridgehead atoms. The lowest BCUT2D eigenvalue weighted by Gasteiger charge is -2.07. The first-order valence-corrected chi connectivity index (χ1v) is 8.13. The van der Waals surface area contributed by atoms with E-state index in [4.69, 9.17) is 0 Å². The summed E-state index contributed by atoms with van der Waals surface area (Å²) in [6.45, 7) is 6.25. The van der Waals surface area contributed by atoms with E-state index in [2.05, 4.69) is 28.4 Å². The number of nitrogens with zero attached hydrogens (tertiary/aromatic N) is 4. The van der Waals surface area contributed by atoms with Crippen LogP contribution in [0.1, 0.15) is 49.0 Å². The molecule has 1 aliphatic carbocycles. The van der Waals surface area contributed by atoms with Gasteiger partial charge in [-0.3, -0.25) is 9.20 Å². The third kappa shape index (κ3) is 2.27. The molecule has 0 N–H and O–H groups in total. The summed E-state index contributed by atoms with van der Waals surface area (Å²) in [6.07, 6.45) is 5.94. The third-order valence-corrected chi connectivity index (χ3v) is 4.43. The summed E-state index contributed by atoms with van der Waals surface area (Å²) in [6, 6.07) is 6.20. The Hall–Kier alpha value is -2.43. The number of imidazole rings is 2. The van der Waals surface area contributed by atoms with Gasteiger partial charge in [-0.25, -0.2) is 9.97 Å². The normalized spacial score (nSPS) is 14.8. The number of ketones is 1. The van der Waals surface area contributed by atoms with Gasteiger partial charge in [0, 0.05) is 24.4 Å². The molecule has 5 nitrogen and oxygen atoms in total. The van der Waals surface area contributed by atoms with Gasteiger partial charge in [-0.2, -0.15) is 0 Å². The highest BCUT2D eigenvalue weighted by molar-refractivity contribution is 6.04. The molecule has 1 aliphatic rings. The molecule has 0 unspecified atom stereocenters. The van der Waals surface area contributed by atoms with Gasteiger partial charge in [-0.05, 0) is 45.7 Å². The molecule has 0 spiro atoms. The molecule has 5 heteroatoms. The first-order valence-electron chi connectivity index (χ1n) is 8.13. The molecule has 0 amide bonds. The van der Waals surface area contributed by atoms with E-state index in [0.717, 1.165) is 35.7 Å². The van der Waals surface area contributed by atoms with Crippen LogP contribution in [0, 0.1) is 12.8 Å². The molecule has 0 radical (unpaired) electrons. The average molecular weight is 308 g/mol. The van der Waals surface area contributed by atoms with Crippen molar-refractivity contribution >= 4 is 11.3 Å². The van der Waals surface area contributed by atoms with Gasteiger partial charge in [0.15, 0.2) is 11.6 Å². The van der Waals surface area contributed by atoms with Gasteiger partial charge in [0.05, 0.1) is 5.52 Å². The number of Topliss-reactive ketones (excluding diaryl/α,β-unsaturated/α-hetero) is 1. The quantitative estimate of drug-likeness (QED) is 0.691. The van der Waals surface area contributed by atoms with Gasteiger partial charge in [0.1, 0.15) is 17.2 Å². The lowest BCUT2D eigenvalue weighted by atomic mass is 10.2. The maximum Gasteiger partial charge on any atom is 0.186 e. The van der Waals surface area contributed by atoms with E-state index in [1.165, 1.54) is 0 Å². The summed E-state index contributed by atoms with van der Waals surface area (Å²) >= 11 is 0. The summed E-state index contributed by atoms with van der Waals surface area (Å²) in [5.74, 6) is 2.03. The highest BCUT2D eigenvalue weighted by Gasteiger charge is 2.33. The first-order chi connectivity index (χ1) is 11.1. The van der Waals surface area contributed by atoms with Crippen LogP contribution in [0.4, 0.5) is 0 Å².